The zero-order valence-corrected chi connectivity index (χ0v) is 10.1. The molecular formula is C9H9O3W-. The van der Waals surface area contributed by atoms with Gasteiger partial charge < -0.3 is 14.2 Å². The van der Waals surface area contributed by atoms with Crippen molar-refractivity contribution in [1.82, 2.24) is 0 Å². The molecule has 0 fully saturated rings. The van der Waals surface area contributed by atoms with E-state index >= 15 is 0 Å². The van der Waals surface area contributed by atoms with Crippen LogP contribution in [0.15, 0.2) is 12.1 Å². The standard InChI is InChI=1S/C9H9O3.W/c1-10-7-3-2-4-8-9(7)12-6-5-11-8;/h2-3H,5-6H2,1H3;/q-1;. The van der Waals surface area contributed by atoms with E-state index in [1.54, 1.807) is 19.2 Å². The van der Waals surface area contributed by atoms with E-state index in [4.69, 9.17) is 14.2 Å². The largest absolute Gasteiger partial charge is 0.540 e. The van der Waals surface area contributed by atoms with Crippen LogP contribution >= 0.6 is 0 Å². The summed E-state index contributed by atoms with van der Waals surface area (Å²) in [5, 5.41) is 0. The Hall–Kier alpha value is -0.692. The summed E-state index contributed by atoms with van der Waals surface area (Å²) in [6.45, 7) is 1.15. The van der Waals surface area contributed by atoms with Gasteiger partial charge >= 0.3 is 0 Å². The molecule has 1 aliphatic heterocycles. The minimum Gasteiger partial charge on any atom is -0.540 e. The summed E-state index contributed by atoms with van der Waals surface area (Å²) >= 11 is 0. The van der Waals surface area contributed by atoms with Crippen molar-refractivity contribution in [1.29, 1.82) is 0 Å². The first-order chi connectivity index (χ1) is 5.92. The van der Waals surface area contributed by atoms with Gasteiger partial charge in [0.25, 0.3) is 0 Å². The van der Waals surface area contributed by atoms with Gasteiger partial charge in [0, 0.05) is 21.1 Å². The maximum absolute atomic E-state index is 5.36. The second-order valence-corrected chi connectivity index (χ2v) is 2.40. The first kappa shape index (κ1) is 10.4. The molecule has 0 saturated heterocycles. The monoisotopic (exact) mass is 349 g/mol. The zero-order chi connectivity index (χ0) is 8.39. The number of fused-ring (bicyclic) bond motifs is 1. The quantitative estimate of drug-likeness (QED) is 0.715. The predicted molar refractivity (Wildman–Crippen MR) is 42.8 cm³/mol. The predicted octanol–water partition coefficient (Wildman–Crippen LogP) is 1.26. The maximum atomic E-state index is 5.36. The molecule has 3 nitrogen and oxygen atoms in total. The van der Waals surface area contributed by atoms with Crippen molar-refractivity contribution in [2.45, 2.75) is 0 Å². The van der Waals surface area contributed by atoms with Crippen LogP contribution in [-0.2, 0) is 21.1 Å². The second kappa shape index (κ2) is 4.52. The van der Waals surface area contributed by atoms with E-state index in [0.29, 0.717) is 30.5 Å². The minimum absolute atomic E-state index is 0. The van der Waals surface area contributed by atoms with E-state index in [1.807, 2.05) is 0 Å². The second-order valence-electron chi connectivity index (χ2n) is 2.40. The van der Waals surface area contributed by atoms with Crippen molar-refractivity contribution >= 4 is 0 Å². The molecule has 0 unspecified atom stereocenters. The fourth-order valence-electron chi connectivity index (χ4n) is 1.14. The van der Waals surface area contributed by atoms with Gasteiger partial charge in [-0.25, -0.2) is 0 Å². The number of methoxy groups -OCH3 is 1. The summed E-state index contributed by atoms with van der Waals surface area (Å²) in [5.41, 5.74) is 0. The molecule has 0 saturated carbocycles. The van der Waals surface area contributed by atoms with Gasteiger partial charge in [0.05, 0.1) is 24.4 Å². The van der Waals surface area contributed by atoms with Gasteiger partial charge in [-0.1, -0.05) is 0 Å². The molecule has 0 amide bonds. The third-order valence-corrected chi connectivity index (χ3v) is 1.68. The van der Waals surface area contributed by atoms with Gasteiger partial charge in [-0.15, -0.1) is 12.1 Å². The molecule has 0 aliphatic carbocycles. The molecule has 0 aromatic heterocycles. The first-order valence-corrected chi connectivity index (χ1v) is 3.76. The number of hydrogen-bond donors (Lipinski definition) is 0. The summed E-state index contributed by atoms with van der Waals surface area (Å²) in [6, 6.07) is 6.49. The average Bonchev–Trinajstić information content (AvgIpc) is 2.17. The Morgan fingerprint density at radius 3 is 2.92 bits per heavy atom. The van der Waals surface area contributed by atoms with Crippen molar-refractivity contribution in [3.63, 3.8) is 0 Å². The molecular weight excluding hydrogens is 340 g/mol. The fraction of sp³-hybridized carbons (Fsp3) is 0.333. The summed E-state index contributed by atoms with van der Waals surface area (Å²) in [7, 11) is 1.60. The van der Waals surface area contributed by atoms with Crippen LogP contribution in [0.5, 0.6) is 17.2 Å². The van der Waals surface area contributed by atoms with Crippen LogP contribution in [0, 0.1) is 6.07 Å². The van der Waals surface area contributed by atoms with Crippen molar-refractivity contribution in [3.05, 3.63) is 18.2 Å². The van der Waals surface area contributed by atoms with Gasteiger partial charge in [0.15, 0.2) is 0 Å². The van der Waals surface area contributed by atoms with Crippen LogP contribution in [0.25, 0.3) is 0 Å². The molecule has 70 valence electrons. The zero-order valence-electron chi connectivity index (χ0n) is 7.20. The van der Waals surface area contributed by atoms with Crippen LogP contribution in [0.2, 0.25) is 0 Å². The molecule has 1 heterocycles. The molecule has 0 radical (unpaired) electrons. The molecule has 0 bridgehead atoms. The number of hydrogen-bond acceptors (Lipinski definition) is 3. The Labute approximate surface area is 91.2 Å². The summed E-state index contributed by atoms with van der Waals surface area (Å²) in [6.07, 6.45) is 0. The molecule has 1 aliphatic rings. The molecule has 4 heteroatoms. The third-order valence-electron chi connectivity index (χ3n) is 1.68. The van der Waals surface area contributed by atoms with E-state index < -0.39 is 0 Å². The van der Waals surface area contributed by atoms with Crippen LogP contribution < -0.4 is 14.2 Å². The number of ether oxygens (including phenoxy) is 3. The first-order valence-electron chi connectivity index (χ1n) is 3.76. The minimum atomic E-state index is 0. The molecule has 0 N–H and O–H groups in total. The van der Waals surface area contributed by atoms with Gasteiger partial charge in [-0.2, -0.15) is 6.07 Å². The number of benzene rings is 1. The van der Waals surface area contributed by atoms with Crippen molar-refractivity contribution in [2.75, 3.05) is 20.3 Å². The molecule has 1 aromatic rings. The van der Waals surface area contributed by atoms with Crippen LogP contribution in [-0.4, -0.2) is 20.3 Å². The van der Waals surface area contributed by atoms with Crippen molar-refractivity contribution in [3.8, 4) is 17.2 Å². The summed E-state index contributed by atoms with van der Waals surface area (Å²) in [5.74, 6) is 2.00. The molecule has 13 heavy (non-hydrogen) atoms. The smallest absolute Gasteiger partial charge is 0.118 e. The Bertz CT molecular complexity index is 274. The average molecular weight is 349 g/mol. The molecule has 0 atom stereocenters. The van der Waals surface area contributed by atoms with E-state index in [9.17, 15) is 0 Å². The normalized spacial score (nSPS) is 13.0. The van der Waals surface area contributed by atoms with E-state index in [0.717, 1.165) is 0 Å². The van der Waals surface area contributed by atoms with E-state index in [1.165, 1.54) is 0 Å². The Kier molecular flexibility index (Phi) is 3.61. The van der Waals surface area contributed by atoms with Crippen molar-refractivity contribution < 1.29 is 35.3 Å². The molecule has 0 spiro atoms. The van der Waals surface area contributed by atoms with Gasteiger partial charge in [0.1, 0.15) is 13.2 Å². The van der Waals surface area contributed by atoms with Gasteiger partial charge in [0.2, 0.25) is 0 Å². The van der Waals surface area contributed by atoms with Crippen LogP contribution in [0.3, 0.4) is 0 Å². The van der Waals surface area contributed by atoms with Crippen molar-refractivity contribution in [2.24, 2.45) is 0 Å². The Balaban J connectivity index is 0.000000845. The summed E-state index contributed by atoms with van der Waals surface area (Å²) < 4.78 is 15.8. The fourth-order valence-corrected chi connectivity index (χ4v) is 1.14. The Morgan fingerprint density at radius 2 is 2.15 bits per heavy atom. The summed E-state index contributed by atoms with van der Waals surface area (Å²) in [4.78, 5) is 0. The maximum Gasteiger partial charge on any atom is 0.118 e. The molecule has 2 rings (SSSR count). The van der Waals surface area contributed by atoms with Crippen LogP contribution in [0.1, 0.15) is 0 Å². The van der Waals surface area contributed by atoms with E-state index in [-0.39, 0.29) is 21.1 Å². The van der Waals surface area contributed by atoms with Gasteiger partial charge in [-0.3, -0.25) is 0 Å². The number of rotatable bonds is 1. The SMILES string of the molecule is COc1cc[c-]c2c1OCCO2.[W]. The Morgan fingerprint density at radius 1 is 1.38 bits per heavy atom. The molecule has 1 aromatic carbocycles. The van der Waals surface area contributed by atoms with E-state index in [2.05, 4.69) is 6.07 Å². The van der Waals surface area contributed by atoms with Crippen LogP contribution in [0.4, 0.5) is 0 Å². The van der Waals surface area contributed by atoms with Gasteiger partial charge in [-0.05, 0) is 0 Å². The topological polar surface area (TPSA) is 27.7 Å². The third kappa shape index (κ3) is 1.97.